The van der Waals surface area contributed by atoms with E-state index >= 15 is 0 Å². The zero-order chi connectivity index (χ0) is 13.8. The summed E-state index contributed by atoms with van der Waals surface area (Å²) in [5.74, 6) is -0.359. The first-order chi connectivity index (χ1) is 9.13. The third-order valence-corrected chi connectivity index (χ3v) is 4.79. The summed E-state index contributed by atoms with van der Waals surface area (Å²) in [4.78, 5) is 19.3. The van der Waals surface area contributed by atoms with Crippen molar-refractivity contribution in [1.82, 2.24) is 4.98 Å². The summed E-state index contributed by atoms with van der Waals surface area (Å²) in [5.41, 5.74) is 0.382. The third kappa shape index (κ3) is 3.13. The fraction of sp³-hybridized carbons (Fsp3) is 0.385. The molecule has 0 N–H and O–H groups in total. The van der Waals surface area contributed by atoms with Crippen molar-refractivity contribution in [3.63, 3.8) is 0 Å². The number of esters is 1. The van der Waals surface area contributed by atoms with Gasteiger partial charge in [-0.25, -0.2) is 9.78 Å². The summed E-state index contributed by atoms with van der Waals surface area (Å²) < 4.78 is 4.94. The van der Waals surface area contributed by atoms with E-state index in [0.29, 0.717) is 12.3 Å². The molecule has 19 heavy (non-hydrogen) atoms. The minimum atomic E-state index is -0.359. The molecule has 1 unspecified atom stereocenters. The number of ether oxygens (including phenoxy) is 1. The Morgan fingerprint density at radius 2 is 2.32 bits per heavy atom. The third-order valence-electron chi connectivity index (χ3n) is 2.81. The van der Waals surface area contributed by atoms with Gasteiger partial charge in [0.15, 0.2) is 10.8 Å². The molecule has 0 bridgehead atoms. The molecule has 0 amide bonds. The van der Waals surface area contributed by atoms with Gasteiger partial charge in [-0.05, 0) is 25.3 Å². The summed E-state index contributed by atoms with van der Waals surface area (Å²) in [6.45, 7) is 4.28. The zero-order valence-electron chi connectivity index (χ0n) is 11.1. The molecule has 0 saturated carbocycles. The number of aromatic nitrogens is 1. The van der Waals surface area contributed by atoms with Crippen molar-refractivity contribution in [3.05, 3.63) is 33.5 Å². The lowest BCUT2D eigenvalue weighted by atomic mass is 10.2. The Hall–Kier alpha value is -1.40. The van der Waals surface area contributed by atoms with Crippen LogP contribution < -0.4 is 4.90 Å². The second-order valence-corrected chi connectivity index (χ2v) is 5.85. The molecule has 102 valence electrons. The smallest absolute Gasteiger partial charge is 0.357 e. The minimum absolute atomic E-state index is 0.237. The molecule has 0 saturated heterocycles. The van der Waals surface area contributed by atoms with E-state index < -0.39 is 0 Å². The predicted molar refractivity (Wildman–Crippen MR) is 79.2 cm³/mol. The number of thiazole rings is 1. The van der Waals surface area contributed by atoms with Crippen LogP contribution in [-0.4, -0.2) is 24.6 Å². The average molecular weight is 296 g/mol. The van der Waals surface area contributed by atoms with Crippen LogP contribution in [0.2, 0.25) is 0 Å². The molecule has 0 aromatic carbocycles. The number of hydrogen-bond acceptors (Lipinski definition) is 6. The number of rotatable bonds is 5. The average Bonchev–Trinajstić information content (AvgIpc) is 3.08. The van der Waals surface area contributed by atoms with Gasteiger partial charge < -0.3 is 9.64 Å². The van der Waals surface area contributed by atoms with Crippen LogP contribution in [0.4, 0.5) is 5.13 Å². The van der Waals surface area contributed by atoms with E-state index in [1.165, 1.54) is 16.2 Å². The molecular weight excluding hydrogens is 280 g/mol. The van der Waals surface area contributed by atoms with Gasteiger partial charge >= 0.3 is 5.97 Å². The second kappa shape index (κ2) is 6.16. The van der Waals surface area contributed by atoms with Crippen LogP contribution in [0, 0.1) is 0 Å². The normalized spacial score (nSPS) is 12.2. The SMILES string of the molecule is CCOC(=O)c1csc(N(C)C(C)c2cccs2)n1. The number of anilines is 1. The molecular formula is C13H16N2O2S2. The maximum Gasteiger partial charge on any atom is 0.357 e. The van der Waals surface area contributed by atoms with Crippen LogP contribution in [0.5, 0.6) is 0 Å². The van der Waals surface area contributed by atoms with Crippen molar-refractivity contribution in [2.24, 2.45) is 0 Å². The summed E-state index contributed by atoms with van der Waals surface area (Å²) in [6.07, 6.45) is 0. The van der Waals surface area contributed by atoms with Gasteiger partial charge in [-0.1, -0.05) is 6.07 Å². The van der Waals surface area contributed by atoms with Gasteiger partial charge in [0.2, 0.25) is 0 Å². The highest BCUT2D eigenvalue weighted by Crippen LogP contribution is 2.30. The van der Waals surface area contributed by atoms with Gasteiger partial charge in [0.25, 0.3) is 0 Å². The first kappa shape index (κ1) is 14.0. The maximum absolute atomic E-state index is 11.6. The predicted octanol–water partition coefficient (Wildman–Crippen LogP) is 3.58. The van der Waals surface area contributed by atoms with Crippen molar-refractivity contribution in [3.8, 4) is 0 Å². The standard InChI is InChI=1S/C13H16N2O2S2/c1-4-17-12(16)10-8-19-13(14-10)15(3)9(2)11-6-5-7-18-11/h5-9H,4H2,1-3H3. The van der Waals surface area contributed by atoms with Crippen LogP contribution in [0.1, 0.15) is 35.3 Å². The quantitative estimate of drug-likeness (QED) is 0.791. The topological polar surface area (TPSA) is 42.4 Å². The Bertz CT molecular complexity index is 537. The van der Waals surface area contributed by atoms with Crippen molar-refractivity contribution >= 4 is 33.8 Å². The van der Waals surface area contributed by atoms with Crippen molar-refractivity contribution in [2.75, 3.05) is 18.6 Å². The molecule has 1 atom stereocenters. The number of nitrogens with zero attached hydrogens (tertiary/aromatic N) is 2. The van der Waals surface area contributed by atoms with Crippen LogP contribution in [-0.2, 0) is 4.74 Å². The van der Waals surface area contributed by atoms with Gasteiger partial charge in [-0.3, -0.25) is 0 Å². The largest absolute Gasteiger partial charge is 0.461 e. The van der Waals surface area contributed by atoms with E-state index in [2.05, 4.69) is 28.3 Å². The Balaban J connectivity index is 2.12. The Labute approximate surface area is 120 Å². The number of thiophene rings is 1. The maximum atomic E-state index is 11.6. The molecule has 0 aliphatic heterocycles. The molecule has 4 nitrogen and oxygen atoms in total. The molecule has 0 aliphatic rings. The summed E-state index contributed by atoms with van der Waals surface area (Å²) in [5, 5.41) is 4.63. The van der Waals surface area contributed by atoms with Crippen molar-refractivity contribution in [1.29, 1.82) is 0 Å². The molecule has 6 heteroatoms. The van der Waals surface area contributed by atoms with Gasteiger partial charge in [0.05, 0.1) is 12.6 Å². The van der Waals surface area contributed by atoms with Crippen LogP contribution in [0.25, 0.3) is 0 Å². The van der Waals surface area contributed by atoms with Crippen molar-refractivity contribution < 1.29 is 9.53 Å². The Morgan fingerprint density at radius 1 is 1.53 bits per heavy atom. The molecule has 0 radical (unpaired) electrons. The van der Waals surface area contributed by atoms with E-state index in [1.807, 2.05) is 13.1 Å². The van der Waals surface area contributed by atoms with E-state index in [1.54, 1.807) is 23.6 Å². The molecule has 2 aromatic rings. The van der Waals surface area contributed by atoms with Crippen LogP contribution >= 0.6 is 22.7 Å². The molecule has 0 spiro atoms. The zero-order valence-corrected chi connectivity index (χ0v) is 12.8. The lowest BCUT2D eigenvalue weighted by Crippen LogP contribution is -2.20. The first-order valence-corrected chi connectivity index (χ1v) is 7.78. The molecule has 0 fully saturated rings. The number of carbonyl (C=O) groups is 1. The summed E-state index contributed by atoms with van der Waals surface area (Å²) >= 11 is 3.17. The molecule has 0 aliphatic carbocycles. The minimum Gasteiger partial charge on any atom is -0.461 e. The Kier molecular flexibility index (Phi) is 4.55. The second-order valence-electron chi connectivity index (χ2n) is 4.04. The van der Waals surface area contributed by atoms with Gasteiger partial charge in [0, 0.05) is 17.3 Å². The number of hydrogen-bond donors (Lipinski definition) is 0. The van der Waals surface area contributed by atoms with E-state index in [0.717, 1.165) is 5.13 Å². The fourth-order valence-corrected chi connectivity index (χ4v) is 3.28. The fourth-order valence-electron chi connectivity index (χ4n) is 1.61. The highest BCUT2D eigenvalue weighted by atomic mass is 32.1. The highest BCUT2D eigenvalue weighted by molar-refractivity contribution is 7.14. The molecule has 2 heterocycles. The van der Waals surface area contributed by atoms with Crippen LogP contribution in [0.15, 0.2) is 22.9 Å². The van der Waals surface area contributed by atoms with Crippen LogP contribution in [0.3, 0.4) is 0 Å². The van der Waals surface area contributed by atoms with Gasteiger partial charge in [0.1, 0.15) is 0 Å². The monoisotopic (exact) mass is 296 g/mol. The van der Waals surface area contributed by atoms with E-state index in [4.69, 9.17) is 4.74 Å². The van der Waals surface area contributed by atoms with E-state index in [-0.39, 0.29) is 12.0 Å². The van der Waals surface area contributed by atoms with Crippen molar-refractivity contribution in [2.45, 2.75) is 19.9 Å². The van der Waals surface area contributed by atoms with Gasteiger partial charge in [-0.2, -0.15) is 0 Å². The lowest BCUT2D eigenvalue weighted by molar-refractivity contribution is 0.0520. The molecule has 2 aromatic heterocycles. The lowest BCUT2D eigenvalue weighted by Gasteiger charge is -2.23. The first-order valence-electron chi connectivity index (χ1n) is 6.02. The summed E-state index contributed by atoms with van der Waals surface area (Å²) in [7, 11) is 1.98. The Morgan fingerprint density at radius 3 is 2.95 bits per heavy atom. The molecule has 2 rings (SSSR count). The van der Waals surface area contributed by atoms with E-state index in [9.17, 15) is 4.79 Å². The number of carbonyl (C=O) groups excluding carboxylic acids is 1. The van der Waals surface area contributed by atoms with Gasteiger partial charge in [-0.15, -0.1) is 22.7 Å². The highest BCUT2D eigenvalue weighted by Gasteiger charge is 2.18. The summed E-state index contributed by atoms with van der Waals surface area (Å²) in [6, 6.07) is 4.38.